The van der Waals surface area contributed by atoms with Crippen molar-refractivity contribution in [2.24, 2.45) is 4.99 Å². The van der Waals surface area contributed by atoms with Crippen molar-refractivity contribution in [1.29, 1.82) is 0 Å². The van der Waals surface area contributed by atoms with Gasteiger partial charge in [0.25, 0.3) is 0 Å². The molecule has 0 fully saturated rings. The molecule has 0 aliphatic heterocycles. The van der Waals surface area contributed by atoms with Gasteiger partial charge in [0, 0.05) is 32.5 Å². The molecule has 0 unspecified atom stereocenters. The molecule has 7 heteroatoms. The van der Waals surface area contributed by atoms with Crippen LogP contribution >= 0.6 is 0 Å². The Kier molecular flexibility index (Phi) is 7.60. The minimum atomic E-state index is -0.322. The number of ether oxygens (including phenoxy) is 1. The molecule has 156 valence electrons. The summed E-state index contributed by atoms with van der Waals surface area (Å²) in [6.45, 7) is 2.13. The molecule has 30 heavy (non-hydrogen) atoms. The number of carbonyl (C=O) groups excluding carboxylic acids is 1. The van der Waals surface area contributed by atoms with Gasteiger partial charge in [-0.15, -0.1) is 0 Å². The minimum Gasteiger partial charge on any atom is -0.465 e. The number of hydrogen-bond acceptors (Lipinski definition) is 4. The normalized spacial score (nSPS) is 11.2. The molecule has 7 nitrogen and oxygen atoms in total. The fraction of sp³-hybridized carbons (Fsp3) is 0.261. The molecule has 0 atom stereocenters. The lowest BCUT2D eigenvalue weighted by Crippen LogP contribution is -2.38. The molecule has 0 radical (unpaired) electrons. The van der Waals surface area contributed by atoms with Gasteiger partial charge in [0.15, 0.2) is 5.96 Å². The van der Waals surface area contributed by atoms with E-state index in [0.717, 1.165) is 31.0 Å². The van der Waals surface area contributed by atoms with E-state index in [2.05, 4.69) is 32.9 Å². The van der Waals surface area contributed by atoms with E-state index in [1.54, 1.807) is 25.4 Å². The quantitative estimate of drug-likeness (QED) is 0.342. The van der Waals surface area contributed by atoms with Gasteiger partial charge in [-0.05, 0) is 41.3 Å². The highest BCUT2D eigenvalue weighted by Gasteiger charge is 2.06. The topological polar surface area (TPSA) is 80.5 Å². The summed E-state index contributed by atoms with van der Waals surface area (Å²) in [4.78, 5) is 15.8. The second-order valence-electron chi connectivity index (χ2n) is 6.76. The van der Waals surface area contributed by atoms with E-state index >= 15 is 0 Å². The highest BCUT2D eigenvalue weighted by molar-refractivity contribution is 5.89. The van der Waals surface area contributed by atoms with E-state index in [1.807, 2.05) is 41.2 Å². The lowest BCUT2D eigenvalue weighted by molar-refractivity contribution is 0.0600. The van der Waals surface area contributed by atoms with Crippen LogP contribution < -0.4 is 10.6 Å². The monoisotopic (exact) mass is 405 g/mol. The molecule has 3 aromatic rings. The van der Waals surface area contributed by atoms with Gasteiger partial charge in [0.2, 0.25) is 0 Å². The first kappa shape index (κ1) is 21.1. The maximum Gasteiger partial charge on any atom is 0.337 e. The third-order valence-corrected chi connectivity index (χ3v) is 4.76. The van der Waals surface area contributed by atoms with Crippen molar-refractivity contribution in [2.45, 2.75) is 19.5 Å². The van der Waals surface area contributed by atoms with Crippen molar-refractivity contribution in [2.75, 3.05) is 20.7 Å². The van der Waals surface area contributed by atoms with Crippen molar-refractivity contribution in [3.63, 3.8) is 0 Å². The molecule has 0 amide bonds. The summed E-state index contributed by atoms with van der Waals surface area (Å²) in [5.41, 5.74) is 4.11. The summed E-state index contributed by atoms with van der Waals surface area (Å²) in [5.74, 6) is 0.423. The summed E-state index contributed by atoms with van der Waals surface area (Å²) >= 11 is 0. The zero-order chi connectivity index (χ0) is 21.2. The average Bonchev–Trinajstić information content (AvgIpc) is 3.30. The van der Waals surface area contributed by atoms with Crippen LogP contribution in [0, 0.1) is 0 Å². The number of aromatic nitrogens is 2. The fourth-order valence-electron chi connectivity index (χ4n) is 3.10. The van der Waals surface area contributed by atoms with Crippen LogP contribution in [0.5, 0.6) is 0 Å². The molecule has 1 heterocycles. The highest BCUT2D eigenvalue weighted by atomic mass is 16.5. The van der Waals surface area contributed by atoms with Crippen LogP contribution in [-0.2, 0) is 24.2 Å². The Hall–Kier alpha value is -3.61. The molecule has 2 N–H and O–H groups in total. The van der Waals surface area contributed by atoms with Crippen LogP contribution in [0.3, 0.4) is 0 Å². The number of nitrogens with one attached hydrogen (secondary N) is 2. The summed E-state index contributed by atoms with van der Waals surface area (Å²) in [6, 6.07) is 17.7. The van der Waals surface area contributed by atoms with Crippen LogP contribution in [0.15, 0.2) is 72.0 Å². The van der Waals surface area contributed by atoms with Gasteiger partial charge in [-0.25, -0.2) is 4.79 Å². The van der Waals surface area contributed by atoms with Gasteiger partial charge in [0.05, 0.1) is 19.2 Å². The van der Waals surface area contributed by atoms with E-state index in [1.165, 1.54) is 18.2 Å². The largest absolute Gasteiger partial charge is 0.465 e. The zero-order valence-electron chi connectivity index (χ0n) is 17.3. The molecule has 0 saturated heterocycles. The number of aliphatic imine (C=N–C) groups is 1. The Morgan fingerprint density at radius 1 is 1.07 bits per heavy atom. The number of hydrogen-bond donors (Lipinski definition) is 2. The van der Waals surface area contributed by atoms with Crippen LogP contribution in [0.4, 0.5) is 0 Å². The second-order valence-corrected chi connectivity index (χ2v) is 6.76. The third kappa shape index (κ3) is 5.94. The Bertz CT molecular complexity index is 966. The predicted octanol–water partition coefficient (Wildman–Crippen LogP) is 2.63. The number of guanidine groups is 1. The summed E-state index contributed by atoms with van der Waals surface area (Å²) in [6.07, 6.45) is 4.57. The first-order chi connectivity index (χ1) is 14.7. The molecular formula is C23H27N5O2. The van der Waals surface area contributed by atoms with Crippen molar-refractivity contribution in [1.82, 2.24) is 20.4 Å². The van der Waals surface area contributed by atoms with E-state index in [9.17, 15) is 4.79 Å². The van der Waals surface area contributed by atoms with E-state index in [0.29, 0.717) is 12.1 Å². The van der Waals surface area contributed by atoms with Crippen molar-refractivity contribution < 1.29 is 9.53 Å². The summed E-state index contributed by atoms with van der Waals surface area (Å²) < 4.78 is 6.64. The maximum absolute atomic E-state index is 11.5. The van der Waals surface area contributed by atoms with E-state index < -0.39 is 0 Å². The smallest absolute Gasteiger partial charge is 0.337 e. The fourth-order valence-corrected chi connectivity index (χ4v) is 3.10. The Morgan fingerprint density at radius 3 is 2.50 bits per heavy atom. The Morgan fingerprint density at radius 2 is 1.83 bits per heavy atom. The molecule has 0 aliphatic carbocycles. The number of nitrogens with zero attached hydrogens (tertiary/aromatic N) is 3. The highest BCUT2D eigenvalue weighted by Crippen LogP contribution is 2.10. The second kappa shape index (κ2) is 10.8. The lowest BCUT2D eigenvalue weighted by Gasteiger charge is -2.14. The first-order valence-corrected chi connectivity index (χ1v) is 9.85. The molecular weight excluding hydrogens is 378 g/mol. The van der Waals surface area contributed by atoms with Crippen molar-refractivity contribution >= 4 is 11.9 Å². The number of methoxy groups -OCH3 is 1. The van der Waals surface area contributed by atoms with Gasteiger partial charge < -0.3 is 15.4 Å². The molecule has 2 aromatic carbocycles. The Balaban J connectivity index is 1.49. The minimum absolute atomic E-state index is 0.322. The average molecular weight is 406 g/mol. The number of benzene rings is 2. The van der Waals surface area contributed by atoms with Crippen LogP contribution in [0.25, 0.3) is 0 Å². The van der Waals surface area contributed by atoms with Gasteiger partial charge in [-0.2, -0.15) is 5.10 Å². The van der Waals surface area contributed by atoms with Crippen LogP contribution in [0.1, 0.15) is 27.0 Å². The van der Waals surface area contributed by atoms with Gasteiger partial charge in [-0.3, -0.25) is 9.67 Å². The third-order valence-electron chi connectivity index (χ3n) is 4.76. The Labute approximate surface area is 176 Å². The lowest BCUT2D eigenvalue weighted by atomic mass is 10.1. The van der Waals surface area contributed by atoms with Gasteiger partial charge in [0.1, 0.15) is 0 Å². The molecule has 0 aliphatic rings. The van der Waals surface area contributed by atoms with Crippen molar-refractivity contribution in [3.8, 4) is 0 Å². The van der Waals surface area contributed by atoms with Crippen LogP contribution in [0.2, 0.25) is 0 Å². The molecule has 0 spiro atoms. The number of rotatable bonds is 8. The van der Waals surface area contributed by atoms with Gasteiger partial charge >= 0.3 is 5.97 Å². The zero-order valence-corrected chi connectivity index (χ0v) is 17.3. The standard InChI is InChI=1S/C23H27N5O2/c1-24-23(25-14-12-18-8-10-19(11-9-18)22(29)30-2)26-16-20-6-3-4-7-21(20)17-28-15-5-13-27-28/h3-11,13,15H,12,14,16-17H2,1-2H3,(H2,24,25,26). The molecule has 1 aromatic heterocycles. The van der Waals surface area contributed by atoms with Crippen LogP contribution in [-0.4, -0.2) is 42.4 Å². The van der Waals surface area contributed by atoms with E-state index in [4.69, 9.17) is 4.74 Å². The SMILES string of the molecule is CN=C(NCCc1ccc(C(=O)OC)cc1)NCc1ccccc1Cn1cccn1. The summed E-state index contributed by atoms with van der Waals surface area (Å²) in [7, 11) is 3.14. The predicted molar refractivity (Wildman–Crippen MR) is 117 cm³/mol. The molecule has 3 rings (SSSR count). The molecule has 0 bridgehead atoms. The van der Waals surface area contributed by atoms with E-state index in [-0.39, 0.29) is 5.97 Å². The number of carbonyl (C=O) groups is 1. The first-order valence-electron chi connectivity index (χ1n) is 9.85. The molecule has 0 saturated carbocycles. The number of esters is 1. The summed E-state index contributed by atoms with van der Waals surface area (Å²) in [5, 5.41) is 11.0. The van der Waals surface area contributed by atoms with Gasteiger partial charge in [-0.1, -0.05) is 36.4 Å². The van der Waals surface area contributed by atoms with Crippen molar-refractivity contribution in [3.05, 3.63) is 89.2 Å². The maximum atomic E-state index is 11.5.